The number of carbonyl (C=O) groups is 1. The average Bonchev–Trinajstić information content (AvgIpc) is 2.69. The van der Waals surface area contributed by atoms with E-state index in [-0.39, 0.29) is 5.78 Å². The van der Waals surface area contributed by atoms with Gasteiger partial charge in [-0.2, -0.15) is 0 Å². The second-order valence-electron chi connectivity index (χ2n) is 3.32. The fourth-order valence-corrected chi connectivity index (χ4v) is 2.10. The number of rotatable bonds is 5. The van der Waals surface area contributed by atoms with Crippen LogP contribution in [0.25, 0.3) is 0 Å². The Balaban J connectivity index is 2.85. The lowest BCUT2D eigenvalue weighted by Crippen LogP contribution is -2.37. The molecule has 0 radical (unpaired) electrons. The smallest absolute Gasteiger partial charge is 0.204 e. The van der Waals surface area contributed by atoms with Crippen LogP contribution in [0.15, 0.2) is 17.5 Å². The second-order valence-corrected chi connectivity index (χ2v) is 4.27. The van der Waals surface area contributed by atoms with E-state index >= 15 is 0 Å². The molecular formula is C11H16O2S. The minimum atomic E-state index is -0.653. The molecule has 1 atom stereocenters. The van der Waals surface area contributed by atoms with E-state index in [4.69, 9.17) is 4.74 Å². The Morgan fingerprint density at radius 2 is 2.29 bits per heavy atom. The minimum Gasteiger partial charge on any atom is -0.367 e. The monoisotopic (exact) mass is 212 g/mol. The highest BCUT2D eigenvalue weighted by Gasteiger charge is 2.33. The zero-order valence-corrected chi connectivity index (χ0v) is 9.69. The van der Waals surface area contributed by atoms with Gasteiger partial charge in [0.15, 0.2) is 0 Å². The van der Waals surface area contributed by atoms with Gasteiger partial charge in [-0.1, -0.05) is 13.0 Å². The highest BCUT2D eigenvalue weighted by molar-refractivity contribution is 7.12. The molecule has 0 aliphatic rings. The molecular weight excluding hydrogens is 196 g/mol. The molecule has 1 unspecified atom stereocenters. The van der Waals surface area contributed by atoms with E-state index in [1.165, 1.54) is 11.3 Å². The number of thiophene rings is 1. The summed E-state index contributed by atoms with van der Waals surface area (Å²) in [4.78, 5) is 12.8. The number of carbonyl (C=O) groups excluding carboxylic acids is 1. The van der Waals surface area contributed by atoms with Crippen molar-refractivity contribution in [1.82, 2.24) is 0 Å². The van der Waals surface area contributed by atoms with Gasteiger partial charge < -0.3 is 4.74 Å². The largest absolute Gasteiger partial charge is 0.367 e. The van der Waals surface area contributed by atoms with Crippen LogP contribution in [-0.4, -0.2) is 18.0 Å². The molecule has 0 fully saturated rings. The van der Waals surface area contributed by atoms with Crippen molar-refractivity contribution in [2.24, 2.45) is 0 Å². The van der Waals surface area contributed by atoms with Crippen LogP contribution in [0, 0.1) is 0 Å². The Kier molecular flexibility index (Phi) is 3.84. The van der Waals surface area contributed by atoms with Crippen LogP contribution < -0.4 is 0 Å². The summed E-state index contributed by atoms with van der Waals surface area (Å²) in [5.74, 6) is 0.0943. The Morgan fingerprint density at radius 3 is 2.71 bits per heavy atom. The number of Topliss-reactive ketones (excluding diaryl/α,β-unsaturated/α-hetero) is 1. The Bertz CT molecular complexity index is 292. The molecule has 3 heteroatoms. The molecule has 0 saturated carbocycles. The molecule has 1 rings (SSSR count). The van der Waals surface area contributed by atoms with Gasteiger partial charge in [-0.15, -0.1) is 11.3 Å². The summed E-state index contributed by atoms with van der Waals surface area (Å²) in [5.41, 5.74) is -0.653. The summed E-state index contributed by atoms with van der Waals surface area (Å²) in [6.45, 7) is 6.32. The van der Waals surface area contributed by atoms with E-state index in [1.807, 2.05) is 38.3 Å². The predicted octanol–water partition coefficient (Wildman–Crippen LogP) is 3.14. The van der Waals surface area contributed by atoms with Gasteiger partial charge in [-0.25, -0.2) is 0 Å². The molecule has 1 heterocycles. The maximum absolute atomic E-state index is 12.0. The molecule has 0 aliphatic carbocycles. The molecule has 0 aromatic carbocycles. The number of hydrogen-bond donors (Lipinski definition) is 0. The molecule has 0 aliphatic heterocycles. The van der Waals surface area contributed by atoms with E-state index < -0.39 is 5.60 Å². The fraction of sp³-hybridized carbons (Fsp3) is 0.545. The summed E-state index contributed by atoms with van der Waals surface area (Å²) in [5, 5.41) is 1.91. The summed E-state index contributed by atoms with van der Waals surface area (Å²) >= 11 is 1.47. The van der Waals surface area contributed by atoms with Crippen molar-refractivity contribution in [3.63, 3.8) is 0 Å². The first-order valence-corrected chi connectivity index (χ1v) is 5.74. The molecule has 2 nitrogen and oxygen atoms in total. The van der Waals surface area contributed by atoms with E-state index in [0.29, 0.717) is 13.0 Å². The van der Waals surface area contributed by atoms with Gasteiger partial charge in [-0.3, -0.25) is 4.79 Å². The predicted molar refractivity (Wildman–Crippen MR) is 59.0 cm³/mol. The lowest BCUT2D eigenvalue weighted by Gasteiger charge is -2.25. The highest BCUT2D eigenvalue weighted by atomic mass is 32.1. The van der Waals surface area contributed by atoms with Crippen molar-refractivity contribution in [3.8, 4) is 0 Å². The second kappa shape index (κ2) is 4.71. The average molecular weight is 212 g/mol. The van der Waals surface area contributed by atoms with Crippen LogP contribution in [0.1, 0.15) is 36.9 Å². The van der Waals surface area contributed by atoms with Crippen LogP contribution in [0.2, 0.25) is 0 Å². The molecule has 0 N–H and O–H groups in total. The van der Waals surface area contributed by atoms with Gasteiger partial charge in [-0.05, 0) is 31.7 Å². The Hall–Kier alpha value is -0.670. The van der Waals surface area contributed by atoms with Crippen molar-refractivity contribution >= 4 is 17.1 Å². The minimum absolute atomic E-state index is 0.0943. The number of hydrogen-bond acceptors (Lipinski definition) is 3. The maximum Gasteiger partial charge on any atom is 0.204 e. The van der Waals surface area contributed by atoms with Gasteiger partial charge >= 0.3 is 0 Å². The molecule has 78 valence electrons. The molecule has 0 amide bonds. The normalized spacial score (nSPS) is 15.1. The first-order valence-electron chi connectivity index (χ1n) is 4.86. The fourth-order valence-electron chi connectivity index (χ4n) is 1.32. The van der Waals surface area contributed by atoms with Gasteiger partial charge in [0, 0.05) is 6.61 Å². The third kappa shape index (κ3) is 2.22. The maximum atomic E-state index is 12.0. The van der Waals surface area contributed by atoms with E-state index in [0.717, 1.165) is 4.88 Å². The first kappa shape index (κ1) is 11.4. The third-order valence-electron chi connectivity index (χ3n) is 2.36. The van der Waals surface area contributed by atoms with Crippen LogP contribution in [0.3, 0.4) is 0 Å². The highest BCUT2D eigenvalue weighted by Crippen LogP contribution is 2.23. The molecule has 0 bridgehead atoms. The quantitative estimate of drug-likeness (QED) is 0.701. The number of ketones is 1. The van der Waals surface area contributed by atoms with E-state index in [9.17, 15) is 4.79 Å². The standard InChI is InChI=1S/C11H16O2S/c1-4-11(3,13-5-2)10(12)9-7-6-8-14-9/h6-8H,4-5H2,1-3H3. The van der Waals surface area contributed by atoms with E-state index in [1.54, 1.807) is 0 Å². The van der Waals surface area contributed by atoms with Crippen LogP contribution in [-0.2, 0) is 4.74 Å². The molecule has 0 saturated heterocycles. The third-order valence-corrected chi connectivity index (χ3v) is 3.23. The molecule has 1 aromatic rings. The van der Waals surface area contributed by atoms with Gasteiger partial charge in [0.1, 0.15) is 5.60 Å². The first-order chi connectivity index (χ1) is 6.64. The van der Waals surface area contributed by atoms with Crippen molar-refractivity contribution in [3.05, 3.63) is 22.4 Å². The summed E-state index contributed by atoms with van der Waals surface area (Å²) in [7, 11) is 0. The summed E-state index contributed by atoms with van der Waals surface area (Å²) in [6, 6.07) is 3.74. The lowest BCUT2D eigenvalue weighted by molar-refractivity contribution is -0.0112. The van der Waals surface area contributed by atoms with Crippen LogP contribution in [0.4, 0.5) is 0 Å². The Morgan fingerprint density at radius 1 is 1.57 bits per heavy atom. The van der Waals surface area contributed by atoms with E-state index in [2.05, 4.69) is 0 Å². The molecule has 14 heavy (non-hydrogen) atoms. The zero-order chi connectivity index (χ0) is 10.6. The summed E-state index contributed by atoms with van der Waals surface area (Å²) < 4.78 is 5.52. The lowest BCUT2D eigenvalue weighted by atomic mass is 9.96. The van der Waals surface area contributed by atoms with Gasteiger partial charge in [0.05, 0.1) is 4.88 Å². The van der Waals surface area contributed by atoms with Crippen molar-refractivity contribution in [1.29, 1.82) is 0 Å². The van der Waals surface area contributed by atoms with Gasteiger partial charge in [0.25, 0.3) is 0 Å². The van der Waals surface area contributed by atoms with Gasteiger partial charge in [0.2, 0.25) is 5.78 Å². The van der Waals surface area contributed by atoms with Crippen LogP contribution >= 0.6 is 11.3 Å². The number of ether oxygens (including phenoxy) is 1. The van der Waals surface area contributed by atoms with Crippen molar-refractivity contribution < 1.29 is 9.53 Å². The molecule has 1 aromatic heterocycles. The van der Waals surface area contributed by atoms with Crippen molar-refractivity contribution in [2.45, 2.75) is 32.8 Å². The summed E-state index contributed by atoms with van der Waals surface area (Å²) in [6.07, 6.45) is 0.706. The van der Waals surface area contributed by atoms with Crippen molar-refractivity contribution in [2.75, 3.05) is 6.61 Å². The Labute approximate surface area is 88.9 Å². The van der Waals surface area contributed by atoms with Crippen LogP contribution in [0.5, 0.6) is 0 Å². The SMILES string of the molecule is CCOC(C)(CC)C(=O)c1cccs1. The zero-order valence-electron chi connectivity index (χ0n) is 8.87. The topological polar surface area (TPSA) is 26.3 Å². The molecule has 0 spiro atoms.